The fourth-order valence-corrected chi connectivity index (χ4v) is 4.44. The second kappa shape index (κ2) is 8.94. The molecule has 0 aromatic heterocycles. The van der Waals surface area contributed by atoms with Gasteiger partial charge in [-0.05, 0) is 48.4 Å². The van der Waals surface area contributed by atoms with Gasteiger partial charge in [0, 0.05) is 15.5 Å². The Morgan fingerprint density at radius 1 is 1.10 bits per heavy atom. The lowest BCUT2D eigenvalue weighted by molar-refractivity contribution is -0.116. The predicted octanol–water partition coefficient (Wildman–Crippen LogP) is 5.47. The second-order valence-corrected chi connectivity index (χ2v) is 8.64. The number of fused-ring (bicyclic) bond motifs is 1. The number of halogens is 1. The molecule has 0 fully saturated rings. The topological polar surface area (TPSA) is 49.4 Å². The van der Waals surface area contributed by atoms with Crippen molar-refractivity contribution in [1.82, 2.24) is 5.32 Å². The molecule has 0 saturated carbocycles. The highest BCUT2D eigenvalue weighted by molar-refractivity contribution is 8.00. The molecule has 0 bridgehead atoms. The predicted molar refractivity (Wildman–Crippen MR) is 122 cm³/mol. The molecule has 0 spiro atoms. The number of amides is 2. The maximum atomic E-state index is 12.9. The lowest BCUT2D eigenvalue weighted by Crippen LogP contribution is -2.35. The number of anilines is 1. The van der Waals surface area contributed by atoms with Crippen LogP contribution in [-0.2, 0) is 11.3 Å². The molecule has 0 aliphatic carbocycles. The van der Waals surface area contributed by atoms with Gasteiger partial charge in [-0.25, -0.2) is 0 Å². The number of hydrogen-bond donors (Lipinski definition) is 1. The summed E-state index contributed by atoms with van der Waals surface area (Å²) >= 11 is 7.48. The average molecular weight is 437 g/mol. The van der Waals surface area contributed by atoms with E-state index in [1.165, 1.54) is 11.8 Å². The summed E-state index contributed by atoms with van der Waals surface area (Å²) in [6.45, 7) is 2.40. The third kappa shape index (κ3) is 4.53. The van der Waals surface area contributed by atoms with Gasteiger partial charge in [0.2, 0.25) is 5.91 Å². The molecule has 1 heterocycles. The van der Waals surface area contributed by atoms with Crippen molar-refractivity contribution in [2.75, 3.05) is 10.7 Å². The number of carbonyl (C=O) groups is 2. The Balaban J connectivity index is 1.57. The van der Waals surface area contributed by atoms with Crippen molar-refractivity contribution in [1.29, 1.82) is 0 Å². The van der Waals surface area contributed by atoms with E-state index >= 15 is 0 Å². The smallest absolute Gasteiger partial charge is 0.251 e. The molecular weight excluding hydrogens is 416 g/mol. The maximum absolute atomic E-state index is 12.9. The van der Waals surface area contributed by atoms with Crippen LogP contribution in [0.25, 0.3) is 0 Å². The Morgan fingerprint density at radius 3 is 2.57 bits per heavy atom. The fourth-order valence-electron chi connectivity index (χ4n) is 3.39. The van der Waals surface area contributed by atoms with Crippen molar-refractivity contribution in [3.63, 3.8) is 0 Å². The molecule has 3 aromatic rings. The van der Waals surface area contributed by atoms with Gasteiger partial charge in [-0.3, -0.25) is 9.59 Å². The van der Waals surface area contributed by atoms with Gasteiger partial charge < -0.3 is 10.2 Å². The maximum Gasteiger partial charge on any atom is 0.251 e. The Bertz CT molecular complexity index is 1070. The number of thioether (sulfide) groups is 1. The molecule has 0 unspecified atom stereocenters. The molecule has 1 atom stereocenters. The number of hydrogen-bond acceptors (Lipinski definition) is 3. The van der Waals surface area contributed by atoms with Crippen molar-refractivity contribution in [2.45, 2.75) is 24.4 Å². The van der Waals surface area contributed by atoms with Gasteiger partial charge in [-0.2, -0.15) is 0 Å². The molecule has 3 aromatic carbocycles. The van der Waals surface area contributed by atoms with Crippen molar-refractivity contribution in [3.8, 4) is 0 Å². The van der Waals surface area contributed by atoms with Gasteiger partial charge in [0.1, 0.15) is 0 Å². The summed E-state index contributed by atoms with van der Waals surface area (Å²) < 4.78 is 0. The van der Waals surface area contributed by atoms with Gasteiger partial charge >= 0.3 is 0 Å². The normalized spacial score (nSPS) is 14.2. The molecule has 1 N–H and O–H groups in total. The average Bonchev–Trinajstić information content (AvgIpc) is 2.77. The zero-order valence-corrected chi connectivity index (χ0v) is 18.0. The molecule has 152 valence electrons. The van der Waals surface area contributed by atoms with E-state index in [0.29, 0.717) is 22.9 Å². The van der Waals surface area contributed by atoms with Crippen LogP contribution in [0.1, 0.15) is 34.5 Å². The van der Waals surface area contributed by atoms with Crippen molar-refractivity contribution in [2.24, 2.45) is 0 Å². The Kier molecular flexibility index (Phi) is 6.11. The van der Waals surface area contributed by atoms with E-state index in [-0.39, 0.29) is 17.9 Å². The first kappa shape index (κ1) is 20.5. The molecule has 4 nitrogen and oxygen atoms in total. The first-order valence-electron chi connectivity index (χ1n) is 9.69. The van der Waals surface area contributed by atoms with E-state index in [0.717, 1.165) is 21.7 Å². The number of benzene rings is 3. The van der Waals surface area contributed by atoms with Gasteiger partial charge in [-0.1, -0.05) is 54.1 Å². The summed E-state index contributed by atoms with van der Waals surface area (Å²) in [6, 6.07) is 22.7. The molecule has 0 radical (unpaired) electrons. The number of nitrogens with zero attached hydrogens (tertiary/aromatic N) is 1. The Hall–Kier alpha value is -2.76. The van der Waals surface area contributed by atoms with Crippen LogP contribution in [0.15, 0.2) is 77.7 Å². The first-order chi connectivity index (χ1) is 14.5. The highest BCUT2D eigenvalue weighted by Gasteiger charge is 2.26. The van der Waals surface area contributed by atoms with E-state index in [1.807, 2.05) is 79.7 Å². The highest BCUT2D eigenvalue weighted by Crippen LogP contribution is 2.37. The molecule has 0 saturated heterocycles. The van der Waals surface area contributed by atoms with E-state index in [9.17, 15) is 9.59 Å². The van der Waals surface area contributed by atoms with E-state index in [2.05, 4.69) is 5.32 Å². The lowest BCUT2D eigenvalue weighted by atomic mass is 10.1. The van der Waals surface area contributed by atoms with Gasteiger partial charge in [0.15, 0.2) is 0 Å². The molecule has 30 heavy (non-hydrogen) atoms. The molecule has 1 aliphatic rings. The number of carbonyl (C=O) groups excluding carboxylic acids is 2. The van der Waals surface area contributed by atoms with E-state index < -0.39 is 0 Å². The second-order valence-electron chi connectivity index (χ2n) is 7.18. The van der Waals surface area contributed by atoms with Crippen molar-refractivity contribution in [3.05, 3.63) is 94.5 Å². The largest absolute Gasteiger partial charge is 0.346 e. The SMILES string of the molecule is C[C@@H](NC(=O)c1ccc2c(c1)N(Cc1ccc(Cl)cc1)C(=O)CS2)c1ccccc1. The summed E-state index contributed by atoms with van der Waals surface area (Å²) in [4.78, 5) is 28.3. The van der Waals surface area contributed by atoms with Crippen LogP contribution in [0.3, 0.4) is 0 Å². The Labute approximate surface area is 185 Å². The summed E-state index contributed by atoms with van der Waals surface area (Å²) in [6.07, 6.45) is 0. The third-order valence-electron chi connectivity index (χ3n) is 5.07. The van der Waals surface area contributed by atoms with Gasteiger partial charge in [0.25, 0.3) is 5.91 Å². The van der Waals surface area contributed by atoms with Crippen LogP contribution < -0.4 is 10.2 Å². The summed E-state index contributed by atoms with van der Waals surface area (Å²) in [7, 11) is 0. The summed E-state index contributed by atoms with van der Waals surface area (Å²) in [5.41, 5.74) is 3.33. The number of rotatable bonds is 5. The molecular formula is C24H21ClN2O2S. The molecule has 1 aliphatic heterocycles. The minimum atomic E-state index is -0.163. The van der Waals surface area contributed by atoms with Crippen LogP contribution in [0.4, 0.5) is 5.69 Å². The molecule has 2 amide bonds. The lowest BCUT2D eigenvalue weighted by Gasteiger charge is -2.29. The van der Waals surface area contributed by atoms with Crippen molar-refractivity contribution >= 4 is 40.9 Å². The Morgan fingerprint density at radius 2 is 1.83 bits per heavy atom. The first-order valence-corrected chi connectivity index (χ1v) is 11.0. The monoisotopic (exact) mass is 436 g/mol. The highest BCUT2D eigenvalue weighted by atomic mass is 35.5. The zero-order valence-electron chi connectivity index (χ0n) is 16.5. The quantitative estimate of drug-likeness (QED) is 0.577. The summed E-state index contributed by atoms with van der Waals surface area (Å²) in [5, 5.41) is 3.70. The van der Waals surface area contributed by atoms with E-state index in [4.69, 9.17) is 11.6 Å². The van der Waals surface area contributed by atoms with Crippen LogP contribution in [0, 0.1) is 0 Å². The van der Waals surface area contributed by atoms with Gasteiger partial charge in [-0.15, -0.1) is 11.8 Å². The van der Waals surface area contributed by atoms with Crippen LogP contribution in [0.5, 0.6) is 0 Å². The van der Waals surface area contributed by atoms with E-state index in [1.54, 1.807) is 4.90 Å². The fraction of sp³-hybridized carbons (Fsp3) is 0.167. The third-order valence-corrected chi connectivity index (χ3v) is 6.36. The van der Waals surface area contributed by atoms with Crippen molar-refractivity contribution < 1.29 is 9.59 Å². The number of nitrogens with one attached hydrogen (secondary N) is 1. The van der Waals surface area contributed by atoms with Crippen LogP contribution in [-0.4, -0.2) is 17.6 Å². The zero-order chi connectivity index (χ0) is 21.1. The summed E-state index contributed by atoms with van der Waals surface area (Å²) in [5.74, 6) is 0.248. The van der Waals surface area contributed by atoms with Crippen LogP contribution >= 0.6 is 23.4 Å². The molecule has 4 rings (SSSR count). The molecule has 6 heteroatoms. The van der Waals surface area contributed by atoms with Crippen LogP contribution in [0.2, 0.25) is 5.02 Å². The minimum absolute atomic E-state index is 0.0256. The minimum Gasteiger partial charge on any atom is -0.346 e. The van der Waals surface area contributed by atoms with Gasteiger partial charge in [0.05, 0.1) is 24.0 Å². The standard InChI is InChI=1S/C24H21ClN2O2S/c1-16(18-5-3-2-4-6-18)26-24(29)19-9-12-22-21(13-19)27(23(28)15-30-22)14-17-7-10-20(25)11-8-17/h2-13,16H,14-15H2,1H3,(H,26,29)/t16-/m1/s1.